The first-order chi connectivity index (χ1) is 35.0. The lowest BCUT2D eigenvalue weighted by molar-refractivity contribution is -0.167. The lowest BCUT2D eigenvalue weighted by Crippen LogP contribution is -2.30. The molecule has 0 N–H and O–H groups in total. The summed E-state index contributed by atoms with van der Waals surface area (Å²) in [6, 6.07) is 0. The van der Waals surface area contributed by atoms with Crippen LogP contribution in [0.1, 0.15) is 367 Å². The van der Waals surface area contributed by atoms with Gasteiger partial charge in [0.2, 0.25) is 0 Å². The molecular weight excluding hydrogens is 877 g/mol. The van der Waals surface area contributed by atoms with Crippen molar-refractivity contribution in [2.24, 2.45) is 0 Å². The van der Waals surface area contributed by atoms with Gasteiger partial charge >= 0.3 is 17.9 Å². The van der Waals surface area contributed by atoms with Crippen molar-refractivity contribution >= 4 is 17.9 Å². The second-order valence-electron chi connectivity index (χ2n) is 22.0. The van der Waals surface area contributed by atoms with Crippen molar-refractivity contribution in [2.75, 3.05) is 13.2 Å². The van der Waals surface area contributed by atoms with Crippen molar-refractivity contribution in [3.8, 4) is 0 Å². The molecule has 0 aromatic heterocycles. The molecule has 0 spiro atoms. The number of carbonyl (C=O) groups excluding carboxylic acids is 3. The van der Waals surface area contributed by atoms with Crippen molar-refractivity contribution in [1.82, 2.24) is 0 Å². The molecule has 0 aromatic carbocycles. The van der Waals surface area contributed by atoms with E-state index >= 15 is 0 Å². The average Bonchev–Trinajstić information content (AvgIpc) is 3.37. The van der Waals surface area contributed by atoms with Crippen molar-refractivity contribution < 1.29 is 28.6 Å². The molecule has 0 aliphatic rings. The van der Waals surface area contributed by atoms with E-state index in [-0.39, 0.29) is 31.1 Å². The minimum Gasteiger partial charge on any atom is -0.462 e. The summed E-state index contributed by atoms with van der Waals surface area (Å²) in [4.78, 5) is 38.1. The summed E-state index contributed by atoms with van der Waals surface area (Å²) in [6.45, 7) is 6.68. The van der Waals surface area contributed by atoms with E-state index in [9.17, 15) is 14.4 Å². The molecule has 0 amide bonds. The summed E-state index contributed by atoms with van der Waals surface area (Å²) >= 11 is 0. The fourth-order valence-electron chi connectivity index (χ4n) is 9.91. The van der Waals surface area contributed by atoms with Gasteiger partial charge in [-0.15, -0.1) is 0 Å². The molecule has 6 heteroatoms. The van der Waals surface area contributed by atoms with E-state index in [2.05, 4.69) is 32.9 Å². The van der Waals surface area contributed by atoms with Gasteiger partial charge in [-0.05, 0) is 44.9 Å². The first kappa shape index (κ1) is 69.2. The Labute approximate surface area is 443 Å². The highest BCUT2D eigenvalue weighted by molar-refractivity contribution is 5.71. The zero-order valence-electron chi connectivity index (χ0n) is 48.3. The molecule has 420 valence electrons. The Balaban J connectivity index is 4.07. The Morgan fingerprint density at radius 1 is 0.268 bits per heavy atom. The molecule has 1 atom stereocenters. The van der Waals surface area contributed by atoms with Crippen LogP contribution in [0.2, 0.25) is 0 Å². The average molecular weight is 1000 g/mol. The van der Waals surface area contributed by atoms with Crippen LogP contribution in [0.4, 0.5) is 0 Å². The molecule has 0 aliphatic heterocycles. The van der Waals surface area contributed by atoms with Crippen LogP contribution in [-0.4, -0.2) is 37.2 Å². The van der Waals surface area contributed by atoms with Gasteiger partial charge in [0.1, 0.15) is 13.2 Å². The third-order valence-electron chi connectivity index (χ3n) is 14.8. The van der Waals surface area contributed by atoms with Crippen LogP contribution in [0.3, 0.4) is 0 Å². The van der Waals surface area contributed by atoms with E-state index < -0.39 is 6.10 Å². The molecule has 6 nitrogen and oxygen atoms in total. The monoisotopic (exact) mass is 1000 g/mol. The Hall–Kier alpha value is -1.85. The van der Waals surface area contributed by atoms with Crippen LogP contribution < -0.4 is 0 Å². The molecule has 0 radical (unpaired) electrons. The fourth-order valence-corrected chi connectivity index (χ4v) is 9.91. The van der Waals surface area contributed by atoms with Gasteiger partial charge in [-0.3, -0.25) is 14.4 Å². The molecule has 0 rings (SSSR count). The Morgan fingerprint density at radius 3 is 0.704 bits per heavy atom. The summed E-state index contributed by atoms with van der Waals surface area (Å²) in [5.41, 5.74) is 0. The van der Waals surface area contributed by atoms with Crippen molar-refractivity contribution in [2.45, 2.75) is 374 Å². The molecule has 0 saturated heterocycles. The number of rotatable bonds is 60. The maximum Gasteiger partial charge on any atom is 0.306 e. The molecule has 71 heavy (non-hydrogen) atoms. The number of carbonyl (C=O) groups is 3. The van der Waals surface area contributed by atoms with E-state index in [1.807, 2.05) is 0 Å². The van der Waals surface area contributed by atoms with E-state index in [4.69, 9.17) is 14.2 Å². The third kappa shape index (κ3) is 58.9. The summed E-state index contributed by atoms with van der Waals surface area (Å²) in [5.74, 6) is -0.853. The minimum absolute atomic E-state index is 0.0676. The van der Waals surface area contributed by atoms with Crippen molar-refractivity contribution in [1.29, 1.82) is 0 Å². The van der Waals surface area contributed by atoms with Gasteiger partial charge in [-0.25, -0.2) is 0 Å². The molecule has 0 fully saturated rings. The number of esters is 3. The van der Waals surface area contributed by atoms with Crippen LogP contribution in [0.5, 0.6) is 0 Å². The highest BCUT2D eigenvalue weighted by Crippen LogP contribution is 2.18. The van der Waals surface area contributed by atoms with Crippen LogP contribution in [0.15, 0.2) is 12.2 Å². The number of unbranched alkanes of at least 4 members (excludes halogenated alkanes) is 47. The summed E-state index contributed by atoms with van der Waals surface area (Å²) < 4.78 is 16.9. The quantitative estimate of drug-likeness (QED) is 0.0261. The SMILES string of the molecule is CCCCCCCCC/C=C\CCCCCCCC(=O)OC(COC(=O)CCCCCCCCCCC)COC(=O)CCCCCCCCCCCCCCCCCCCCCCCCCCCCCC. The van der Waals surface area contributed by atoms with Gasteiger partial charge in [-0.1, -0.05) is 315 Å². The second-order valence-corrected chi connectivity index (χ2v) is 22.0. The van der Waals surface area contributed by atoms with Crippen LogP contribution in [0.25, 0.3) is 0 Å². The maximum absolute atomic E-state index is 12.8. The van der Waals surface area contributed by atoms with Gasteiger partial charge in [0.15, 0.2) is 6.10 Å². The fraction of sp³-hybridized carbons (Fsp3) is 0.923. The van der Waals surface area contributed by atoms with Crippen LogP contribution in [0, 0.1) is 0 Å². The first-order valence-electron chi connectivity index (χ1n) is 32.2. The molecular formula is C65H124O6. The summed E-state index contributed by atoms with van der Waals surface area (Å²) in [5, 5.41) is 0. The van der Waals surface area contributed by atoms with Crippen molar-refractivity contribution in [3.05, 3.63) is 12.2 Å². The standard InChI is InChI=1S/C65H124O6/c1-4-7-10-13-16-19-21-23-25-27-28-29-30-31-32-33-34-35-36-37-38-40-41-43-46-49-52-55-58-64(67)70-61-62(60-69-63(66)57-54-51-48-45-18-15-12-9-6-3)71-65(68)59-56-53-50-47-44-42-39-26-24-22-20-17-14-11-8-5-2/h26,39,62H,4-25,27-38,40-61H2,1-3H3/b39-26-. The number of ether oxygens (including phenoxy) is 3. The minimum atomic E-state index is -0.768. The van der Waals surface area contributed by atoms with Crippen LogP contribution in [-0.2, 0) is 28.6 Å². The smallest absolute Gasteiger partial charge is 0.306 e. The lowest BCUT2D eigenvalue weighted by Gasteiger charge is -2.18. The number of hydrogen-bond donors (Lipinski definition) is 0. The number of hydrogen-bond acceptors (Lipinski definition) is 6. The predicted molar refractivity (Wildman–Crippen MR) is 307 cm³/mol. The Kier molecular flexibility index (Phi) is 59.1. The molecule has 0 saturated carbocycles. The van der Waals surface area contributed by atoms with Gasteiger partial charge < -0.3 is 14.2 Å². The third-order valence-corrected chi connectivity index (χ3v) is 14.8. The first-order valence-corrected chi connectivity index (χ1v) is 32.2. The number of allylic oxidation sites excluding steroid dienone is 2. The zero-order valence-corrected chi connectivity index (χ0v) is 48.3. The van der Waals surface area contributed by atoms with Crippen molar-refractivity contribution in [3.63, 3.8) is 0 Å². The van der Waals surface area contributed by atoms with Crippen LogP contribution >= 0.6 is 0 Å². The van der Waals surface area contributed by atoms with Gasteiger partial charge in [-0.2, -0.15) is 0 Å². The molecule has 0 aromatic rings. The summed E-state index contributed by atoms with van der Waals surface area (Å²) in [6.07, 6.45) is 71.0. The predicted octanol–water partition coefficient (Wildman–Crippen LogP) is 21.7. The Bertz CT molecular complexity index is 1100. The second kappa shape index (κ2) is 60.7. The van der Waals surface area contributed by atoms with E-state index in [0.717, 1.165) is 64.2 Å². The molecule has 0 bridgehead atoms. The topological polar surface area (TPSA) is 78.9 Å². The van der Waals surface area contributed by atoms with Gasteiger partial charge in [0.05, 0.1) is 0 Å². The normalized spacial score (nSPS) is 12.0. The Morgan fingerprint density at radius 2 is 0.465 bits per heavy atom. The maximum atomic E-state index is 12.8. The molecule has 0 heterocycles. The highest BCUT2D eigenvalue weighted by Gasteiger charge is 2.19. The van der Waals surface area contributed by atoms with Gasteiger partial charge in [0.25, 0.3) is 0 Å². The van der Waals surface area contributed by atoms with Gasteiger partial charge in [0, 0.05) is 19.3 Å². The van der Waals surface area contributed by atoms with E-state index in [0.29, 0.717) is 19.3 Å². The lowest BCUT2D eigenvalue weighted by atomic mass is 10.0. The summed E-state index contributed by atoms with van der Waals surface area (Å²) in [7, 11) is 0. The van der Waals surface area contributed by atoms with E-state index in [1.54, 1.807) is 0 Å². The molecule has 1 unspecified atom stereocenters. The zero-order chi connectivity index (χ0) is 51.4. The highest BCUT2D eigenvalue weighted by atomic mass is 16.6. The largest absolute Gasteiger partial charge is 0.462 e. The molecule has 0 aliphatic carbocycles. The van der Waals surface area contributed by atoms with E-state index in [1.165, 1.54) is 263 Å².